The second-order valence-corrected chi connectivity index (χ2v) is 4.60. The first kappa shape index (κ1) is 10.7. The minimum absolute atomic E-state index is 0.0506. The highest BCUT2D eigenvalue weighted by molar-refractivity contribution is 7.92. The van der Waals surface area contributed by atoms with Crippen LogP contribution in [0, 0.1) is 0 Å². The summed E-state index contributed by atoms with van der Waals surface area (Å²) in [5.74, 6) is -0.262. The zero-order valence-corrected chi connectivity index (χ0v) is 8.45. The van der Waals surface area contributed by atoms with Gasteiger partial charge in [-0.3, -0.25) is 0 Å². The molecule has 0 aliphatic heterocycles. The van der Waals surface area contributed by atoms with Crippen molar-refractivity contribution in [3.8, 4) is 5.75 Å². The van der Waals surface area contributed by atoms with Crippen LogP contribution in [-0.4, -0.2) is 27.6 Å². The molecule has 76 valence electrons. The predicted molar refractivity (Wildman–Crippen MR) is 51.1 cm³/mol. The van der Waals surface area contributed by atoms with Crippen LogP contribution in [0.5, 0.6) is 5.75 Å². The fourth-order valence-corrected chi connectivity index (χ4v) is 2.16. The lowest BCUT2D eigenvalue weighted by Crippen LogP contribution is -2.08. The standard InChI is InChI=1S/C9H10O4S/c1-13-8-4-2-3-5-9(8)14(11,12)7-6-10/h2-6H,7H2,1H3. The van der Waals surface area contributed by atoms with Crippen molar-refractivity contribution in [1.82, 2.24) is 0 Å². The van der Waals surface area contributed by atoms with Crippen molar-refractivity contribution in [3.63, 3.8) is 0 Å². The minimum atomic E-state index is -3.55. The lowest BCUT2D eigenvalue weighted by atomic mass is 10.3. The summed E-state index contributed by atoms with van der Waals surface area (Å²) in [6, 6.07) is 6.20. The largest absolute Gasteiger partial charge is 0.495 e. The molecule has 0 heterocycles. The number of hydrogen-bond acceptors (Lipinski definition) is 4. The van der Waals surface area contributed by atoms with Crippen LogP contribution in [0.3, 0.4) is 0 Å². The second-order valence-electron chi connectivity index (χ2n) is 2.60. The highest BCUT2D eigenvalue weighted by Crippen LogP contribution is 2.23. The van der Waals surface area contributed by atoms with E-state index >= 15 is 0 Å². The van der Waals surface area contributed by atoms with Crippen LogP contribution >= 0.6 is 0 Å². The van der Waals surface area contributed by atoms with Gasteiger partial charge in [-0.15, -0.1) is 0 Å². The van der Waals surface area contributed by atoms with Crippen LogP contribution in [0.1, 0.15) is 0 Å². The molecule has 4 nitrogen and oxygen atoms in total. The molecule has 0 bridgehead atoms. The van der Waals surface area contributed by atoms with Gasteiger partial charge in [0.05, 0.1) is 7.11 Å². The Bertz CT molecular complexity index is 422. The molecule has 0 atom stereocenters. The Morgan fingerprint density at radius 3 is 2.57 bits per heavy atom. The number of aldehydes is 1. The zero-order valence-electron chi connectivity index (χ0n) is 7.64. The SMILES string of the molecule is COc1ccccc1S(=O)(=O)CC=O. The molecule has 0 amide bonds. The number of methoxy groups -OCH3 is 1. The van der Waals surface area contributed by atoms with Crippen molar-refractivity contribution in [2.24, 2.45) is 0 Å². The molecule has 1 rings (SSSR count). The average Bonchev–Trinajstić information content (AvgIpc) is 2.18. The number of ether oxygens (including phenoxy) is 1. The van der Waals surface area contributed by atoms with E-state index in [0.29, 0.717) is 6.29 Å². The zero-order chi connectivity index (χ0) is 10.6. The van der Waals surface area contributed by atoms with Gasteiger partial charge in [0, 0.05) is 0 Å². The molecule has 0 aromatic heterocycles. The first-order valence-electron chi connectivity index (χ1n) is 3.91. The van der Waals surface area contributed by atoms with E-state index in [-0.39, 0.29) is 10.6 Å². The first-order chi connectivity index (χ1) is 6.61. The number of hydrogen-bond donors (Lipinski definition) is 0. The Hall–Kier alpha value is -1.36. The van der Waals surface area contributed by atoms with Crippen molar-refractivity contribution >= 4 is 16.1 Å². The molecule has 14 heavy (non-hydrogen) atoms. The average molecular weight is 214 g/mol. The van der Waals surface area contributed by atoms with Gasteiger partial charge in [-0.05, 0) is 12.1 Å². The Kier molecular flexibility index (Phi) is 3.24. The molecule has 1 aromatic carbocycles. The third-order valence-corrected chi connectivity index (χ3v) is 3.27. The molecule has 0 spiro atoms. The van der Waals surface area contributed by atoms with Crippen molar-refractivity contribution < 1.29 is 17.9 Å². The maximum atomic E-state index is 11.5. The molecule has 0 N–H and O–H groups in total. The van der Waals surface area contributed by atoms with E-state index in [1.807, 2.05) is 0 Å². The normalized spacial score (nSPS) is 10.9. The molecule has 0 fully saturated rings. The molecule has 0 radical (unpaired) electrons. The number of sulfone groups is 1. The Labute approximate surface area is 82.4 Å². The van der Waals surface area contributed by atoms with Crippen molar-refractivity contribution in [1.29, 1.82) is 0 Å². The highest BCUT2D eigenvalue weighted by atomic mass is 32.2. The Morgan fingerprint density at radius 2 is 2.00 bits per heavy atom. The first-order valence-corrected chi connectivity index (χ1v) is 5.56. The number of carbonyl (C=O) groups excluding carboxylic acids is 1. The molecule has 0 unspecified atom stereocenters. The Balaban J connectivity index is 3.24. The minimum Gasteiger partial charge on any atom is -0.495 e. The van der Waals surface area contributed by atoms with E-state index in [2.05, 4.69) is 0 Å². The molecule has 0 aliphatic carbocycles. The van der Waals surface area contributed by atoms with Crippen molar-refractivity contribution in [3.05, 3.63) is 24.3 Å². The number of carbonyl (C=O) groups is 1. The van der Waals surface area contributed by atoms with E-state index in [0.717, 1.165) is 0 Å². The summed E-state index contributed by atoms with van der Waals surface area (Å²) in [5, 5.41) is 0. The van der Waals surface area contributed by atoms with E-state index in [1.54, 1.807) is 12.1 Å². The van der Waals surface area contributed by atoms with Gasteiger partial charge in [-0.1, -0.05) is 12.1 Å². The summed E-state index contributed by atoms with van der Waals surface area (Å²) >= 11 is 0. The predicted octanol–water partition coefficient (Wildman–Crippen LogP) is 0.668. The van der Waals surface area contributed by atoms with Crippen LogP contribution < -0.4 is 4.74 Å². The van der Waals surface area contributed by atoms with Gasteiger partial charge in [0.1, 0.15) is 22.7 Å². The lowest BCUT2D eigenvalue weighted by Gasteiger charge is -2.06. The number of rotatable bonds is 4. The van der Waals surface area contributed by atoms with Crippen LogP contribution in [0.25, 0.3) is 0 Å². The molecule has 0 saturated heterocycles. The van der Waals surface area contributed by atoms with Gasteiger partial charge in [0.15, 0.2) is 9.84 Å². The van der Waals surface area contributed by atoms with Gasteiger partial charge in [-0.2, -0.15) is 0 Å². The fraction of sp³-hybridized carbons (Fsp3) is 0.222. The van der Waals surface area contributed by atoms with Gasteiger partial charge in [0.25, 0.3) is 0 Å². The monoisotopic (exact) mass is 214 g/mol. The maximum Gasteiger partial charge on any atom is 0.188 e. The summed E-state index contributed by atoms with van der Waals surface area (Å²) in [6.07, 6.45) is 0.363. The van der Waals surface area contributed by atoms with Gasteiger partial charge in [0.2, 0.25) is 0 Å². The third kappa shape index (κ3) is 2.11. The quantitative estimate of drug-likeness (QED) is 0.691. The number of benzene rings is 1. The summed E-state index contributed by atoms with van der Waals surface area (Å²) in [4.78, 5) is 10.2. The molecule has 5 heteroatoms. The summed E-state index contributed by atoms with van der Waals surface area (Å²) in [5.41, 5.74) is 0. The van der Waals surface area contributed by atoms with Gasteiger partial charge >= 0.3 is 0 Å². The van der Waals surface area contributed by atoms with Crippen molar-refractivity contribution in [2.75, 3.05) is 12.9 Å². The fourth-order valence-electron chi connectivity index (χ4n) is 1.06. The van der Waals surface area contributed by atoms with E-state index in [4.69, 9.17) is 4.74 Å². The van der Waals surface area contributed by atoms with Crippen LogP contribution in [0.2, 0.25) is 0 Å². The third-order valence-electron chi connectivity index (χ3n) is 1.69. The lowest BCUT2D eigenvalue weighted by molar-refractivity contribution is -0.105. The molecule has 0 saturated carbocycles. The summed E-state index contributed by atoms with van der Waals surface area (Å²) in [6.45, 7) is 0. The van der Waals surface area contributed by atoms with E-state index in [1.165, 1.54) is 19.2 Å². The van der Waals surface area contributed by atoms with Crippen LogP contribution in [0.15, 0.2) is 29.2 Å². The van der Waals surface area contributed by atoms with Gasteiger partial charge < -0.3 is 9.53 Å². The number of para-hydroxylation sites is 1. The van der Waals surface area contributed by atoms with Crippen LogP contribution in [-0.2, 0) is 14.6 Å². The van der Waals surface area contributed by atoms with Crippen LogP contribution in [0.4, 0.5) is 0 Å². The molecular formula is C9H10O4S. The molecule has 1 aromatic rings. The van der Waals surface area contributed by atoms with E-state index in [9.17, 15) is 13.2 Å². The Morgan fingerprint density at radius 1 is 1.36 bits per heavy atom. The van der Waals surface area contributed by atoms with E-state index < -0.39 is 15.6 Å². The topological polar surface area (TPSA) is 60.4 Å². The molecule has 0 aliphatic rings. The smallest absolute Gasteiger partial charge is 0.188 e. The summed E-state index contributed by atoms with van der Waals surface area (Å²) in [7, 11) is -2.16. The maximum absolute atomic E-state index is 11.5. The molecular weight excluding hydrogens is 204 g/mol. The summed E-state index contributed by atoms with van der Waals surface area (Å²) < 4.78 is 27.9. The van der Waals surface area contributed by atoms with Crippen molar-refractivity contribution in [2.45, 2.75) is 4.90 Å². The van der Waals surface area contributed by atoms with Gasteiger partial charge in [-0.25, -0.2) is 8.42 Å². The second kappa shape index (κ2) is 4.23. The highest BCUT2D eigenvalue weighted by Gasteiger charge is 2.17.